The number of hydrogen-bond acceptors (Lipinski definition) is 4. The highest BCUT2D eigenvalue weighted by atomic mass is 32.2. The number of amides is 2. The lowest BCUT2D eigenvalue weighted by Crippen LogP contribution is -2.47. The Morgan fingerprint density at radius 2 is 1.68 bits per heavy atom. The van der Waals surface area contributed by atoms with Gasteiger partial charge < -0.3 is 10.6 Å². The summed E-state index contributed by atoms with van der Waals surface area (Å²) in [5, 5.41) is 10.4. The van der Waals surface area contributed by atoms with E-state index in [-0.39, 0.29) is 22.1 Å². The minimum Gasteiger partial charge on any atom is -0.340 e. The van der Waals surface area contributed by atoms with E-state index in [0.717, 1.165) is 12.1 Å². The Balaban J connectivity index is 2.19. The quantitative estimate of drug-likeness (QED) is 0.680. The van der Waals surface area contributed by atoms with Crippen LogP contribution in [-0.2, 0) is 14.8 Å². The lowest BCUT2D eigenvalue weighted by atomic mass is 10.0. The third kappa shape index (κ3) is 5.37. The van der Waals surface area contributed by atoms with Crippen molar-refractivity contribution in [3.8, 4) is 0 Å². The highest BCUT2D eigenvalue weighted by Crippen LogP contribution is 2.19. The molecule has 0 saturated heterocycles. The van der Waals surface area contributed by atoms with Crippen LogP contribution in [0.2, 0.25) is 0 Å². The Morgan fingerprint density at radius 1 is 1.07 bits per heavy atom. The van der Waals surface area contributed by atoms with Crippen LogP contribution in [0.5, 0.6) is 0 Å². The lowest BCUT2D eigenvalue weighted by molar-refractivity contribution is -0.118. The largest absolute Gasteiger partial charge is 0.340 e. The maximum atomic E-state index is 13.0. The van der Waals surface area contributed by atoms with Gasteiger partial charge in [-0.25, -0.2) is 17.9 Å². The summed E-state index contributed by atoms with van der Waals surface area (Å²) in [7, 11) is -3.94. The molecule has 0 aromatic heterocycles. The van der Waals surface area contributed by atoms with Crippen LogP contribution in [0.15, 0.2) is 47.4 Å². The predicted octanol–water partition coefficient (Wildman–Crippen LogP) is 2.17. The fourth-order valence-electron chi connectivity index (χ4n) is 2.57. The number of benzene rings is 2. The van der Waals surface area contributed by atoms with Gasteiger partial charge in [-0.3, -0.25) is 9.59 Å². The maximum absolute atomic E-state index is 13.0. The number of halogens is 1. The van der Waals surface area contributed by atoms with Crippen molar-refractivity contribution in [1.82, 2.24) is 5.32 Å². The summed E-state index contributed by atoms with van der Waals surface area (Å²) in [5.74, 6) is -1.77. The van der Waals surface area contributed by atoms with Gasteiger partial charge in [0.25, 0.3) is 5.91 Å². The first kappa shape index (κ1) is 21.5. The molecule has 150 valence electrons. The van der Waals surface area contributed by atoms with E-state index in [1.807, 2.05) is 0 Å². The van der Waals surface area contributed by atoms with E-state index < -0.39 is 33.7 Å². The van der Waals surface area contributed by atoms with E-state index in [9.17, 15) is 22.4 Å². The zero-order valence-corrected chi connectivity index (χ0v) is 16.5. The van der Waals surface area contributed by atoms with Gasteiger partial charge in [-0.15, -0.1) is 0 Å². The SMILES string of the molecule is Cc1ccc(NC(=O)[C@@H](NC(=O)c2ccc(F)cc2)C(C)C)cc1S(N)(=O)=O. The van der Waals surface area contributed by atoms with Crippen LogP contribution in [0, 0.1) is 18.7 Å². The van der Waals surface area contributed by atoms with Crippen LogP contribution in [0.4, 0.5) is 10.1 Å². The van der Waals surface area contributed by atoms with Crippen LogP contribution >= 0.6 is 0 Å². The first-order valence-corrected chi connectivity index (χ1v) is 10.0. The molecule has 0 radical (unpaired) electrons. The monoisotopic (exact) mass is 407 g/mol. The molecule has 9 heteroatoms. The van der Waals surface area contributed by atoms with Crippen molar-refractivity contribution in [3.05, 3.63) is 59.4 Å². The van der Waals surface area contributed by atoms with Crippen LogP contribution in [0.25, 0.3) is 0 Å². The molecule has 0 unspecified atom stereocenters. The second-order valence-corrected chi connectivity index (χ2v) is 8.25. The van der Waals surface area contributed by atoms with Gasteiger partial charge in [-0.2, -0.15) is 0 Å². The van der Waals surface area contributed by atoms with Gasteiger partial charge in [0.2, 0.25) is 15.9 Å². The molecule has 0 aliphatic carbocycles. The zero-order valence-electron chi connectivity index (χ0n) is 15.7. The van der Waals surface area contributed by atoms with Gasteiger partial charge in [-0.1, -0.05) is 19.9 Å². The molecule has 2 aromatic rings. The van der Waals surface area contributed by atoms with Gasteiger partial charge in [-0.05, 0) is 54.8 Å². The maximum Gasteiger partial charge on any atom is 0.251 e. The molecule has 2 amide bonds. The van der Waals surface area contributed by atoms with Crippen molar-refractivity contribution in [1.29, 1.82) is 0 Å². The molecular formula is C19H22FN3O4S. The number of carbonyl (C=O) groups excluding carboxylic acids is 2. The molecule has 0 spiro atoms. The van der Waals surface area contributed by atoms with Gasteiger partial charge in [0, 0.05) is 11.3 Å². The molecule has 28 heavy (non-hydrogen) atoms. The number of aryl methyl sites for hydroxylation is 1. The number of anilines is 1. The zero-order chi connectivity index (χ0) is 21.1. The fraction of sp³-hybridized carbons (Fsp3) is 0.263. The summed E-state index contributed by atoms with van der Waals surface area (Å²) in [6.07, 6.45) is 0. The summed E-state index contributed by atoms with van der Waals surface area (Å²) >= 11 is 0. The van der Waals surface area contributed by atoms with Crippen molar-refractivity contribution in [3.63, 3.8) is 0 Å². The van der Waals surface area contributed by atoms with E-state index in [0.29, 0.717) is 5.56 Å². The summed E-state index contributed by atoms with van der Waals surface area (Å²) in [5.41, 5.74) is 0.901. The molecule has 0 aliphatic rings. The molecule has 4 N–H and O–H groups in total. The van der Waals surface area contributed by atoms with Crippen molar-refractivity contribution in [2.24, 2.45) is 11.1 Å². The molecule has 0 fully saturated rings. The highest BCUT2D eigenvalue weighted by Gasteiger charge is 2.25. The van der Waals surface area contributed by atoms with Crippen LogP contribution < -0.4 is 15.8 Å². The van der Waals surface area contributed by atoms with Crippen LogP contribution in [0.3, 0.4) is 0 Å². The van der Waals surface area contributed by atoms with Crippen molar-refractivity contribution in [2.75, 3.05) is 5.32 Å². The average Bonchev–Trinajstić information content (AvgIpc) is 2.60. The van der Waals surface area contributed by atoms with E-state index >= 15 is 0 Å². The van der Waals surface area contributed by atoms with Crippen LogP contribution in [-0.4, -0.2) is 26.3 Å². The molecule has 2 rings (SSSR count). The molecule has 7 nitrogen and oxygen atoms in total. The number of nitrogens with one attached hydrogen (secondary N) is 2. The Hall–Kier alpha value is -2.78. The minimum atomic E-state index is -3.94. The van der Waals surface area contributed by atoms with E-state index in [1.54, 1.807) is 26.8 Å². The summed E-state index contributed by atoms with van der Waals surface area (Å²) in [4.78, 5) is 24.9. The third-order valence-corrected chi connectivity index (χ3v) is 5.16. The summed E-state index contributed by atoms with van der Waals surface area (Å²) in [6.45, 7) is 5.09. The van der Waals surface area contributed by atoms with Gasteiger partial charge in [0.1, 0.15) is 11.9 Å². The van der Waals surface area contributed by atoms with E-state index in [1.165, 1.54) is 24.3 Å². The van der Waals surface area contributed by atoms with Gasteiger partial charge >= 0.3 is 0 Å². The van der Waals surface area contributed by atoms with Gasteiger partial charge in [0.15, 0.2) is 0 Å². The molecule has 0 heterocycles. The number of rotatable bonds is 6. The van der Waals surface area contributed by atoms with Crippen molar-refractivity contribution >= 4 is 27.5 Å². The van der Waals surface area contributed by atoms with Gasteiger partial charge in [0.05, 0.1) is 4.90 Å². The van der Waals surface area contributed by atoms with E-state index in [4.69, 9.17) is 5.14 Å². The average molecular weight is 407 g/mol. The number of sulfonamides is 1. The lowest BCUT2D eigenvalue weighted by Gasteiger charge is -2.22. The molecule has 0 aliphatic heterocycles. The Bertz CT molecular complexity index is 989. The number of hydrogen-bond donors (Lipinski definition) is 3. The Kier molecular flexibility index (Phi) is 6.52. The summed E-state index contributed by atoms with van der Waals surface area (Å²) in [6, 6.07) is 8.38. The Morgan fingerprint density at radius 3 is 2.21 bits per heavy atom. The standard InChI is InChI=1S/C19H22FN3O4S/c1-11(2)17(23-18(24)13-5-7-14(20)8-6-13)19(25)22-15-9-4-12(3)16(10-15)28(21,26)27/h4-11,17H,1-3H3,(H,22,25)(H,23,24)(H2,21,26,27)/t17-/m0/s1. The Labute approximate surface area is 163 Å². The van der Waals surface area contributed by atoms with Crippen molar-refractivity contribution < 1.29 is 22.4 Å². The summed E-state index contributed by atoms with van der Waals surface area (Å²) < 4.78 is 36.3. The first-order chi connectivity index (χ1) is 13.0. The third-order valence-electron chi connectivity index (χ3n) is 4.10. The smallest absolute Gasteiger partial charge is 0.251 e. The second kappa shape index (κ2) is 8.49. The molecule has 1 atom stereocenters. The number of nitrogens with two attached hydrogens (primary N) is 1. The number of primary sulfonamides is 1. The fourth-order valence-corrected chi connectivity index (χ4v) is 3.37. The molecule has 2 aromatic carbocycles. The number of carbonyl (C=O) groups is 2. The minimum absolute atomic E-state index is 0.0956. The molecule has 0 bridgehead atoms. The van der Waals surface area contributed by atoms with Crippen molar-refractivity contribution in [2.45, 2.75) is 31.7 Å². The molecular weight excluding hydrogens is 385 g/mol. The predicted molar refractivity (Wildman–Crippen MR) is 104 cm³/mol. The topological polar surface area (TPSA) is 118 Å². The first-order valence-electron chi connectivity index (χ1n) is 8.50. The second-order valence-electron chi connectivity index (χ2n) is 6.72. The normalized spacial score (nSPS) is 12.5. The highest BCUT2D eigenvalue weighted by molar-refractivity contribution is 7.89. The molecule has 0 saturated carbocycles. The van der Waals surface area contributed by atoms with Crippen LogP contribution in [0.1, 0.15) is 29.8 Å². The van der Waals surface area contributed by atoms with E-state index in [2.05, 4.69) is 10.6 Å².